The number of carbonyl (C=O) groups is 2. The highest BCUT2D eigenvalue weighted by atomic mass is 32.1. The second-order valence-electron chi connectivity index (χ2n) is 6.53. The molecule has 26 heavy (non-hydrogen) atoms. The van der Waals surface area contributed by atoms with Crippen molar-refractivity contribution in [2.24, 2.45) is 5.92 Å². The third-order valence-electron chi connectivity index (χ3n) is 4.70. The lowest BCUT2D eigenvalue weighted by Gasteiger charge is -2.30. The van der Waals surface area contributed by atoms with Crippen LogP contribution >= 0.6 is 22.7 Å². The van der Waals surface area contributed by atoms with Gasteiger partial charge in [-0.25, -0.2) is 4.98 Å². The highest BCUT2D eigenvalue weighted by Gasteiger charge is 2.28. The largest absolute Gasteiger partial charge is 0.338 e. The van der Waals surface area contributed by atoms with Crippen LogP contribution in [0.25, 0.3) is 0 Å². The smallest absolute Gasteiger partial charge is 0.263 e. The summed E-state index contributed by atoms with van der Waals surface area (Å²) >= 11 is 3.06. The van der Waals surface area contributed by atoms with E-state index in [1.54, 1.807) is 11.3 Å². The number of rotatable bonds is 6. The Balaban J connectivity index is 1.54. The lowest BCUT2D eigenvalue weighted by atomic mass is 9.96. The first-order valence-corrected chi connectivity index (χ1v) is 10.9. The molecule has 0 spiro atoms. The maximum atomic E-state index is 12.6. The van der Waals surface area contributed by atoms with E-state index in [2.05, 4.69) is 24.1 Å². The maximum absolute atomic E-state index is 12.6. The van der Waals surface area contributed by atoms with Crippen molar-refractivity contribution in [3.05, 3.63) is 33.0 Å². The minimum Gasteiger partial charge on any atom is -0.338 e. The Kier molecular flexibility index (Phi) is 6.43. The fraction of sp³-hybridized carbons (Fsp3) is 0.526. The number of hydrogen-bond donors (Lipinski definition) is 1. The van der Waals surface area contributed by atoms with Crippen molar-refractivity contribution in [2.75, 3.05) is 18.4 Å². The van der Waals surface area contributed by atoms with Crippen LogP contribution in [0.4, 0.5) is 5.13 Å². The van der Waals surface area contributed by atoms with Crippen molar-refractivity contribution in [2.45, 2.75) is 46.0 Å². The summed E-state index contributed by atoms with van der Waals surface area (Å²) in [6.07, 6.45) is 4.37. The number of thiophene rings is 1. The van der Waals surface area contributed by atoms with Gasteiger partial charge in [-0.1, -0.05) is 26.3 Å². The van der Waals surface area contributed by atoms with E-state index in [0.29, 0.717) is 31.1 Å². The second kappa shape index (κ2) is 8.77. The van der Waals surface area contributed by atoms with Gasteiger partial charge in [0.05, 0.1) is 10.6 Å². The van der Waals surface area contributed by atoms with Crippen LogP contribution in [0.5, 0.6) is 0 Å². The van der Waals surface area contributed by atoms with Crippen LogP contribution in [0.3, 0.4) is 0 Å². The van der Waals surface area contributed by atoms with Gasteiger partial charge in [-0.15, -0.1) is 22.7 Å². The minimum atomic E-state index is -0.0500. The molecule has 0 aromatic carbocycles. The van der Waals surface area contributed by atoms with E-state index in [1.165, 1.54) is 16.2 Å². The van der Waals surface area contributed by atoms with Crippen molar-refractivity contribution in [3.8, 4) is 0 Å². The van der Waals surface area contributed by atoms with Crippen molar-refractivity contribution in [1.82, 2.24) is 9.88 Å². The van der Waals surface area contributed by atoms with E-state index >= 15 is 0 Å². The van der Waals surface area contributed by atoms with Crippen LogP contribution in [0.1, 0.15) is 53.4 Å². The van der Waals surface area contributed by atoms with Gasteiger partial charge in [0, 0.05) is 23.9 Å². The van der Waals surface area contributed by atoms with Gasteiger partial charge in [0.2, 0.25) is 5.91 Å². The average Bonchev–Trinajstić information content (AvgIpc) is 3.31. The standard InChI is InChI=1S/C19H25N3O2S2/c1-3-6-14-15(4-2)26-19(20-14)21-17(23)13-8-10-22(11-9-13)18(24)16-7-5-12-25-16/h5,7,12-13H,3-4,6,8-11H2,1-2H3,(H,20,21,23). The summed E-state index contributed by atoms with van der Waals surface area (Å²) in [5, 5.41) is 5.63. The van der Waals surface area contributed by atoms with Crippen molar-refractivity contribution in [1.29, 1.82) is 0 Å². The van der Waals surface area contributed by atoms with Gasteiger partial charge in [0.25, 0.3) is 5.91 Å². The third kappa shape index (κ3) is 4.32. The van der Waals surface area contributed by atoms with E-state index in [9.17, 15) is 9.59 Å². The molecule has 1 saturated heterocycles. The molecule has 0 radical (unpaired) electrons. The predicted molar refractivity (Wildman–Crippen MR) is 107 cm³/mol. The third-order valence-corrected chi connectivity index (χ3v) is 6.72. The molecule has 0 unspecified atom stereocenters. The van der Waals surface area contributed by atoms with Gasteiger partial charge in [0.15, 0.2) is 5.13 Å². The summed E-state index contributed by atoms with van der Waals surface area (Å²) < 4.78 is 0. The van der Waals surface area contributed by atoms with Crippen LogP contribution in [0.2, 0.25) is 0 Å². The van der Waals surface area contributed by atoms with E-state index in [1.807, 2.05) is 22.4 Å². The molecule has 1 aliphatic rings. The summed E-state index contributed by atoms with van der Waals surface area (Å²) in [6, 6.07) is 3.75. The highest BCUT2D eigenvalue weighted by Crippen LogP contribution is 2.27. The molecule has 2 aromatic rings. The number of amides is 2. The zero-order valence-electron chi connectivity index (χ0n) is 15.3. The van der Waals surface area contributed by atoms with Gasteiger partial charge < -0.3 is 10.2 Å². The number of piperidine rings is 1. The molecular formula is C19H25N3O2S2. The Morgan fingerprint density at radius 2 is 2.08 bits per heavy atom. The van der Waals surface area contributed by atoms with E-state index in [0.717, 1.165) is 29.8 Å². The van der Waals surface area contributed by atoms with Gasteiger partial charge in [-0.2, -0.15) is 0 Å². The van der Waals surface area contributed by atoms with Crippen LogP contribution in [0, 0.1) is 5.92 Å². The summed E-state index contributed by atoms with van der Waals surface area (Å²) in [6.45, 7) is 5.53. The molecule has 3 rings (SSSR count). The van der Waals surface area contributed by atoms with E-state index < -0.39 is 0 Å². The summed E-state index contributed by atoms with van der Waals surface area (Å²) in [5.74, 6) is 0.0641. The number of aromatic nitrogens is 1. The molecule has 0 atom stereocenters. The van der Waals surface area contributed by atoms with Crippen LogP contribution in [-0.2, 0) is 17.6 Å². The number of anilines is 1. The molecular weight excluding hydrogens is 366 g/mol. The number of likely N-dealkylation sites (tertiary alicyclic amines) is 1. The van der Waals surface area contributed by atoms with Crippen LogP contribution in [-0.4, -0.2) is 34.8 Å². The number of aryl methyl sites for hydroxylation is 2. The predicted octanol–water partition coefficient (Wildman–Crippen LogP) is 4.21. The second-order valence-corrected chi connectivity index (χ2v) is 8.56. The summed E-state index contributed by atoms with van der Waals surface area (Å²) in [5.41, 5.74) is 1.12. The quantitative estimate of drug-likeness (QED) is 0.802. The molecule has 140 valence electrons. The molecule has 0 bridgehead atoms. The molecule has 7 heteroatoms. The highest BCUT2D eigenvalue weighted by molar-refractivity contribution is 7.15. The SMILES string of the molecule is CCCc1nc(NC(=O)C2CCN(C(=O)c3cccs3)CC2)sc1CC. The Morgan fingerprint density at radius 1 is 1.31 bits per heavy atom. The van der Waals surface area contributed by atoms with E-state index in [4.69, 9.17) is 0 Å². The fourth-order valence-corrected chi connectivity index (χ4v) is 4.89. The number of thiazole rings is 1. The van der Waals surface area contributed by atoms with Gasteiger partial charge in [-0.05, 0) is 37.1 Å². The molecule has 0 aliphatic carbocycles. The molecule has 1 N–H and O–H groups in total. The maximum Gasteiger partial charge on any atom is 0.263 e. The number of nitrogens with zero attached hydrogens (tertiary/aromatic N) is 2. The lowest BCUT2D eigenvalue weighted by molar-refractivity contribution is -0.121. The Morgan fingerprint density at radius 3 is 2.69 bits per heavy atom. The topological polar surface area (TPSA) is 62.3 Å². The van der Waals surface area contributed by atoms with Gasteiger partial charge >= 0.3 is 0 Å². The molecule has 3 heterocycles. The lowest BCUT2D eigenvalue weighted by Crippen LogP contribution is -2.41. The number of carbonyl (C=O) groups excluding carboxylic acids is 2. The summed E-state index contributed by atoms with van der Waals surface area (Å²) in [4.78, 5) is 33.5. The first kappa shape index (κ1) is 19.0. The number of hydrogen-bond acceptors (Lipinski definition) is 5. The minimum absolute atomic E-state index is 0.0349. The molecule has 2 amide bonds. The molecule has 0 saturated carbocycles. The molecule has 5 nitrogen and oxygen atoms in total. The Bertz CT molecular complexity index is 747. The fourth-order valence-electron chi connectivity index (χ4n) is 3.25. The average molecular weight is 392 g/mol. The van der Waals surface area contributed by atoms with Gasteiger partial charge in [-0.3, -0.25) is 9.59 Å². The van der Waals surface area contributed by atoms with Crippen molar-refractivity contribution in [3.63, 3.8) is 0 Å². The van der Waals surface area contributed by atoms with Crippen LogP contribution in [0.15, 0.2) is 17.5 Å². The van der Waals surface area contributed by atoms with Crippen molar-refractivity contribution < 1.29 is 9.59 Å². The normalized spacial score (nSPS) is 15.2. The van der Waals surface area contributed by atoms with Gasteiger partial charge in [0.1, 0.15) is 0 Å². The van der Waals surface area contributed by atoms with Crippen molar-refractivity contribution >= 4 is 39.6 Å². The Hall–Kier alpha value is -1.73. The monoisotopic (exact) mass is 391 g/mol. The Labute approximate surface area is 162 Å². The molecule has 1 aliphatic heterocycles. The first-order chi connectivity index (χ1) is 12.6. The first-order valence-electron chi connectivity index (χ1n) is 9.24. The van der Waals surface area contributed by atoms with E-state index in [-0.39, 0.29) is 17.7 Å². The zero-order chi connectivity index (χ0) is 18.5. The molecule has 2 aromatic heterocycles. The summed E-state index contributed by atoms with van der Waals surface area (Å²) in [7, 11) is 0. The molecule has 1 fully saturated rings. The van der Waals surface area contributed by atoms with Crippen LogP contribution < -0.4 is 5.32 Å². The zero-order valence-corrected chi connectivity index (χ0v) is 16.9. The number of nitrogens with one attached hydrogen (secondary N) is 1.